The zero-order valence-electron chi connectivity index (χ0n) is 9.47. The molecule has 1 aromatic heterocycles. The molecule has 0 fully saturated rings. The number of benzene rings is 2. The monoisotopic (exact) mass is 224 g/mol. The Balaban J connectivity index is 2.39. The van der Waals surface area contributed by atoms with Crippen LogP contribution in [0, 0.1) is 0 Å². The molecule has 0 saturated carbocycles. The van der Waals surface area contributed by atoms with Crippen molar-refractivity contribution in [2.45, 2.75) is 0 Å². The van der Waals surface area contributed by atoms with E-state index in [1.54, 1.807) is 7.11 Å². The quantitative estimate of drug-likeness (QED) is 0.510. The number of ether oxygens (including phenoxy) is 1. The molecule has 3 aromatic rings. The molecule has 0 amide bonds. The predicted octanol–water partition coefficient (Wildman–Crippen LogP) is 2.98. The van der Waals surface area contributed by atoms with Crippen molar-refractivity contribution < 1.29 is 4.74 Å². The van der Waals surface area contributed by atoms with Crippen molar-refractivity contribution in [2.75, 3.05) is 12.8 Å². The van der Waals surface area contributed by atoms with Gasteiger partial charge in [-0.15, -0.1) is 0 Å². The first-order chi connectivity index (χ1) is 8.28. The number of hydrogen-bond donors (Lipinski definition) is 1. The highest BCUT2D eigenvalue weighted by atomic mass is 16.5. The van der Waals surface area contributed by atoms with Crippen LogP contribution in [0.2, 0.25) is 0 Å². The first-order valence-electron chi connectivity index (χ1n) is 5.41. The molecule has 84 valence electrons. The largest absolute Gasteiger partial charge is 0.497 e. The second-order valence-electron chi connectivity index (χ2n) is 3.96. The molecule has 3 heteroatoms. The second kappa shape index (κ2) is 3.63. The SMILES string of the molecule is COc1ccc2cc3c(N)cccc3nc2c1. The number of pyridine rings is 1. The number of hydrogen-bond acceptors (Lipinski definition) is 3. The van der Waals surface area contributed by atoms with Crippen LogP contribution in [0.3, 0.4) is 0 Å². The van der Waals surface area contributed by atoms with Crippen LogP contribution in [-0.4, -0.2) is 12.1 Å². The van der Waals surface area contributed by atoms with E-state index in [-0.39, 0.29) is 0 Å². The molecule has 3 nitrogen and oxygen atoms in total. The normalized spacial score (nSPS) is 10.9. The first-order valence-corrected chi connectivity index (χ1v) is 5.41. The summed E-state index contributed by atoms with van der Waals surface area (Å²) < 4.78 is 5.19. The lowest BCUT2D eigenvalue weighted by Crippen LogP contribution is -1.90. The summed E-state index contributed by atoms with van der Waals surface area (Å²) in [5.74, 6) is 0.813. The minimum atomic E-state index is 0.757. The van der Waals surface area contributed by atoms with E-state index in [9.17, 15) is 0 Å². The number of fused-ring (bicyclic) bond motifs is 2. The Morgan fingerprint density at radius 2 is 1.94 bits per heavy atom. The molecule has 2 N–H and O–H groups in total. The van der Waals surface area contributed by atoms with Crippen LogP contribution < -0.4 is 10.5 Å². The summed E-state index contributed by atoms with van der Waals surface area (Å²) in [4.78, 5) is 4.59. The molecule has 0 aliphatic rings. The zero-order valence-corrected chi connectivity index (χ0v) is 9.47. The summed E-state index contributed by atoms with van der Waals surface area (Å²) in [6.07, 6.45) is 0. The lowest BCUT2D eigenvalue weighted by atomic mass is 10.1. The van der Waals surface area contributed by atoms with Gasteiger partial charge in [0.1, 0.15) is 5.75 Å². The lowest BCUT2D eigenvalue weighted by molar-refractivity contribution is 0.415. The Labute approximate surface area is 98.8 Å². The molecular weight excluding hydrogens is 212 g/mol. The van der Waals surface area contributed by atoms with Crippen LogP contribution >= 0.6 is 0 Å². The van der Waals surface area contributed by atoms with Crippen molar-refractivity contribution in [3.05, 3.63) is 42.5 Å². The smallest absolute Gasteiger partial charge is 0.121 e. The van der Waals surface area contributed by atoms with Crippen LogP contribution in [0.5, 0.6) is 5.75 Å². The van der Waals surface area contributed by atoms with Crippen LogP contribution in [0.1, 0.15) is 0 Å². The third-order valence-electron chi connectivity index (χ3n) is 2.90. The van der Waals surface area contributed by atoms with E-state index in [0.29, 0.717) is 0 Å². The first kappa shape index (κ1) is 9.90. The third-order valence-corrected chi connectivity index (χ3v) is 2.90. The highest BCUT2D eigenvalue weighted by Crippen LogP contribution is 2.26. The van der Waals surface area contributed by atoms with Crippen LogP contribution in [0.4, 0.5) is 5.69 Å². The summed E-state index contributed by atoms with van der Waals surface area (Å²) in [5.41, 5.74) is 8.52. The number of rotatable bonds is 1. The summed E-state index contributed by atoms with van der Waals surface area (Å²) in [6.45, 7) is 0. The van der Waals surface area contributed by atoms with Crippen molar-refractivity contribution >= 4 is 27.5 Å². The molecule has 0 spiro atoms. The average Bonchev–Trinajstić information content (AvgIpc) is 2.36. The van der Waals surface area contributed by atoms with Crippen molar-refractivity contribution in [2.24, 2.45) is 0 Å². The van der Waals surface area contributed by atoms with Gasteiger partial charge in [0.2, 0.25) is 0 Å². The molecule has 0 unspecified atom stereocenters. The Morgan fingerprint density at radius 3 is 2.76 bits per heavy atom. The maximum absolute atomic E-state index is 5.94. The van der Waals surface area contributed by atoms with Gasteiger partial charge in [0.25, 0.3) is 0 Å². The van der Waals surface area contributed by atoms with E-state index in [1.807, 2.05) is 36.4 Å². The van der Waals surface area contributed by atoms with Gasteiger partial charge in [-0.1, -0.05) is 6.07 Å². The van der Waals surface area contributed by atoms with Crippen molar-refractivity contribution in [3.63, 3.8) is 0 Å². The van der Waals surface area contributed by atoms with Gasteiger partial charge >= 0.3 is 0 Å². The Morgan fingerprint density at radius 1 is 1.06 bits per heavy atom. The number of methoxy groups -OCH3 is 1. The van der Waals surface area contributed by atoms with Gasteiger partial charge in [0.15, 0.2) is 0 Å². The Kier molecular flexibility index (Phi) is 2.11. The second-order valence-corrected chi connectivity index (χ2v) is 3.96. The molecule has 0 aliphatic carbocycles. The van der Waals surface area contributed by atoms with E-state index >= 15 is 0 Å². The number of anilines is 1. The molecule has 0 radical (unpaired) electrons. The fourth-order valence-electron chi connectivity index (χ4n) is 1.98. The van der Waals surface area contributed by atoms with Gasteiger partial charge in [-0.3, -0.25) is 0 Å². The van der Waals surface area contributed by atoms with Gasteiger partial charge < -0.3 is 10.5 Å². The minimum absolute atomic E-state index is 0.757. The Bertz CT molecular complexity index is 707. The molecule has 0 saturated heterocycles. The maximum Gasteiger partial charge on any atom is 0.121 e. The summed E-state index contributed by atoms with van der Waals surface area (Å²) in [5, 5.41) is 2.06. The van der Waals surface area contributed by atoms with Crippen molar-refractivity contribution in [1.29, 1.82) is 0 Å². The number of nitrogens with two attached hydrogens (primary N) is 1. The van der Waals surface area contributed by atoms with Gasteiger partial charge in [-0.05, 0) is 30.3 Å². The average molecular weight is 224 g/mol. The zero-order chi connectivity index (χ0) is 11.8. The third kappa shape index (κ3) is 1.56. The molecule has 17 heavy (non-hydrogen) atoms. The molecule has 2 aromatic carbocycles. The van der Waals surface area contributed by atoms with Crippen LogP contribution in [0.15, 0.2) is 42.5 Å². The summed E-state index contributed by atoms with van der Waals surface area (Å²) >= 11 is 0. The fraction of sp³-hybridized carbons (Fsp3) is 0.0714. The minimum Gasteiger partial charge on any atom is -0.497 e. The standard InChI is InChI=1S/C14H12N2O/c1-17-10-6-5-9-7-11-12(15)3-2-4-13(11)16-14(9)8-10/h2-8H,15H2,1H3. The van der Waals surface area contributed by atoms with Crippen molar-refractivity contribution in [3.8, 4) is 5.75 Å². The van der Waals surface area contributed by atoms with E-state index in [4.69, 9.17) is 10.5 Å². The highest BCUT2D eigenvalue weighted by Gasteiger charge is 2.03. The number of nitrogen functional groups attached to an aromatic ring is 1. The van der Waals surface area contributed by atoms with E-state index < -0.39 is 0 Å². The number of aromatic nitrogens is 1. The highest BCUT2D eigenvalue weighted by molar-refractivity contribution is 5.98. The predicted molar refractivity (Wildman–Crippen MR) is 70.2 cm³/mol. The van der Waals surface area contributed by atoms with Crippen LogP contribution in [0.25, 0.3) is 21.8 Å². The summed E-state index contributed by atoms with van der Waals surface area (Å²) in [6, 6.07) is 13.7. The van der Waals surface area contributed by atoms with Gasteiger partial charge in [0.05, 0.1) is 18.1 Å². The number of nitrogens with zero attached hydrogens (tertiary/aromatic N) is 1. The lowest BCUT2D eigenvalue weighted by Gasteiger charge is -2.05. The van der Waals surface area contributed by atoms with Gasteiger partial charge in [-0.2, -0.15) is 0 Å². The molecule has 0 atom stereocenters. The van der Waals surface area contributed by atoms with Gasteiger partial charge in [0, 0.05) is 22.5 Å². The maximum atomic E-state index is 5.94. The van der Waals surface area contributed by atoms with E-state index in [1.165, 1.54) is 0 Å². The fourth-order valence-corrected chi connectivity index (χ4v) is 1.98. The van der Waals surface area contributed by atoms with Gasteiger partial charge in [-0.25, -0.2) is 4.98 Å². The van der Waals surface area contributed by atoms with E-state index in [0.717, 1.165) is 33.2 Å². The summed E-state index contributed by atoms with van der Waals surface area (Å²) in [7, 11) is 1.65. The Hall–Kier alpha value is -2.29. The molecule has 0 aliphatic heterocycles. The molecule has 3 rings (SSSR count). The van der Waals surface area contributed by atoms with E-state index in [2.05, 4.69) is 11.1 Å². The molecular formula is C14H12N2O. The van der Waals surface area contributed by atoms with Crippen molar-refractivity contribution in [1.82, 2.24) is 4.98 Å². The molecule has 1 heterocycles. The van der Waals surface area contributed by atoms with Crippen LogP contribution in [-0.2, 0) is 0 Å². The topological polar surface area (TPSA) is 48.1 Å². The molecule has 0 bridgehead atoms.